The Bertz CT molecular complexity index is 611. The molecule has 2 saturated heterocycles. The molecule has 2 fully saturated rings. The maximum absolute atomic E-state index is 12.9. The van der Waals surface area contributed by atoms with Crippen molar-refractivity contribution in [2.24, 2.45) is 0 Å². The van der Waals surface area contributed by atoms with Gasteiger partial charge in [-0.25, -0.2) is 0 Å². The SMILES string of the molecule is COc1ccc(CN(CC2CCCO2)C(=O)CN2CCCCC2=O)cc1. The van der Waals surface area contributed by atoms with Crippen molar-refractivity contribution < 1.29 is 19.1 Å². The first-order valence-corrected chi connectivity index (χ1v) is 9.46. The van der Waals surface area contributed by atoms with Gasteiger partial charge in [-0.15, -0.1) is 0 Å². The summed E-state index contributed by atoms with van der Waals surface area (Å²) >= 11 is 0. The molecule has 0 bridgehead atoms. The Hall–Kier alpha value is -2.08. The summed E-state index contributed by atoms with van der Waals surface area (Å²) in [5, 5.41) is 0. The van der Waals surface area contributed by atoms with E-state index in [9.17, 15) is 9.59 Å². The molecule has 0 saturated carbocycles. The molecule has 0 N–H and O–H groups in total. The van der Waals surface area contributed by atoms with Crippen LogP contribution < -0.4 is 4.74 Å². The molecule has 1 aromatic rings. The first-order valence-electron chi connectivity index (χ1n) is 9.46. The second kappa shape index (κ2) is 9.03. The molecule has 6 nitrogen and oxygen atoms in total. The van der Waals surface area contributed by atoms with E-state index in [-0.39, 0.29) is 24.5 Å². The van der Waals surface area contributed by atoms with Crippen molar-refractivity contribution in [1.82, 2.24) is 9.80 Å². The number of rotatable bonds is 7. The molecule has 1 atom stereocenters. The van der Waals surface area contributed by atoms with Gasteiger partial charge in [-0.2, -0.15) is 0 Å². The number of amides is 2. The minimum Gasteiger partial charge on any atom is -0.497 e. The number of ether oxygens (including phenoxy) is 2. The molecule has 1 unspecified atom stereocenters. The normalized spacial score (nSPS) is 20.3. The van der Waals surface area contributed by atoms with Gasteiger partial charge in [0, 0.05) is 32.7 Å². The standard InChI is InChI=1S/C20H28N2O4/c1-25-17-9-7-16(8-10-17)13-22(14-18-5-4-12-26-18)20(24)15-21-11-3-2-6-19(21)23/h7-10,18H,2-6,11-15H2,1H3. The van der Waals surface area contributed by atoms with E-state index in [1.807, 2.05) is 29.2 Å². The molecule has 2 aliphatic heterocycles. The zero-order valence-electron chi connectivity index (χ0n) is 15.5. The molecule has 1 aromatic carbocycles. The van der Waals surface area contributed by atoms with Gasteiger partial charge in [-0.05, 0) is 43.4 Å². The summed E-state index contributed by atoms with van der Waals surface area (Å²) < 4.78 is 10.9. The van der Waals surface area contributed by atoms with Gasteiger partial charge in [0.05, 0.1) is 19.8 Å². The molecule has 6 heteroatoms. The third-order valence-electron chi connectivity index (χ3n) is 5.08. The molecule has 0 radical (unpaired) electrons. The van der Waals surface area contributed by atoms with Gasteiger partial charge >= 0.3 is 0 Å². The van der Waals surface area contributed by atoms with Gasteiger partial charge in [0.1, 0.15) is 5.75 Å². The topological polar surface area (TPSA) is 59.1 Å². The summed E-state index contributed by atoms with van der Waals surface area (Å²) in [5.41, 5.74) is 1.04. The predicted molar refractivity (Wildman–Crippen MR) is 97.8 cm³/mol. The molecule has 2 amide bonds. The highest BCUT2D eigenvalue weighted by atomic mass is 16.5. The quantitative estimate of drug-likeness (QED) is 0.748. The Morgan fingerprint density at radius 1 is 1.27 bits per heavy atom. The second-order valence-electron chi connectivity index (χ2n) is 7.03. The van der Waals surface area contributed by atoms with Gasteiger partial charge in [0.25, 0.3) is 0 Å². The van der Waals surface area contributed by atoms with Gasteiger partial charge in [0.15, 0.2) is 0 Å². The molecular weight excluding hydrogens is 332 g/mol. The van der Waals surface area contributed by atoms with Crippen molar-refractivity contribution in [3.8, 4) is 5.75 Å². The number of carbonyl (C=O) groups is 2. The smallest absolute Gasteiger partial charge is 0.242 e. The number of methoxy groups -OCH3 is 1. The van der Waals surface area contributed by atoms with Gasteiger partial charge in [-0.3, -0.25) is 9.59 Å². The molecular formula is C20H28N2O4. The van der Waals surface area contributed by atoms with Gasteiger partial charge in [0.2, 0.25) is 11.8 Å². The number of likely N-dealkylation sites (tertiary alicyclic amines) is 1. The van der Waals surface area contributed by atoms with Crippen molar-refractivity contribution in [2.75, 3.05) is 33.4 Å². The van der Waals surface area contributed by atoms with Crippen LogP contribution in [0.3, 0.4) is 0 Å². The molecule has 2 aliphatic rings. The average Bonchev–Trinajstić information content (AvgIpc) is 3.17. The number of carbonyl (C=O) groups excluding carboxylic acids is 2. The predicted octanol–water partition coefficient (Wildman–Crippen LogP) is 2.22. The second-order valence-corrected chi connectivity index (χ2v) is 7.03. The number of nitrogens with zero attached hydrogens (tertiary/aromatic N) is 2. The molecule has 0 aliphatic carbocycles. The number of benzene rings is 1. The number of hydrogen-bond acceptors (Lipinski definition) is 4. The first-order chi connectivity index (χ1) is 12.7. The molecule has 26 heavy (non-hydrogen) atoms. The van der Waals surface area contributed by atoms with Crippen LogP contribution in [-0.2, 0) is 20.9 Å². The van der Waals surface area contributed by atoms with Crippen LogP contribution in [0.2, 0.25) is 0 Å². The maximum atomic E-state index is 12.9. The zero-order valence-corrected chi connectivity index (χ0v) is 15.5. The molecule has 142 valence electrons. The monoisotopic (exact) mass is 360 g/mol. The van der Waals surface area contributed by atoms with E-state index >= 15 is 0 Å². The Labute approximate surface area is 155 Å². The van der Waals surface area contributed by atoms with Crippen LogP contribution in [0.5, 0.6) is 5.75 Å². The summed E-state index contributed by atoms with van der Waals surface area (Å²) in [6, 6.07) is 7.75. The van der Waals surface area contributed by atoms with Crippen molar-refractivity contribution in [2.45, 2.75) is 44.8 Å². The fourth-order valence-electron chi connectivity index (χ4n) is 3.53. The van der Waals surface area contributed by atoms with E-state index in [0.29, 0.717) is 26.1 Å². The Morgan fingerprint density at radius 2 is 2.08 bits per heavy atom. The largest absolute Gasteiger partial charge is 0.497 e. The summed E-state index contributed by atoms with van der Waals surface area (Å²) in [5.74, 6) is 0.877. The summed E-state index contributed by atoms with van der Waals surface area (Å²) in [6.07, 6.45) is 4.57. The van der Waals surface area contributed by atoms with E-state index in [1.165, 1.54) is 0 Å². The van der Waals surface area contributed by atoms with Crippen molar-refractivity contribution in [3.05, 3.63) is 29.8 Å². The molecule has 0 spiro atoms. The van der Waals surface area contributed by atoms with Crippen LogP contribution in [0.1, 0.15) is 37.7 Å². The van der Waals surface area contributed by atoms with E-state index in [4.69, 9.17) is 9.47 Å². The lowest BCUT2D eigenvalue weighted by molar-refractivity contribution is -0.143. The van der Waals surface area contributed by atoms with E-state index < -0.39 is 0 Å². The zero-order chi connectivity index (χ0) is 18.4. The highest BCUT2D eigenvalue weighted by Gasteiger charge is 2.26. The van der Waals surface area contributed by atoms with Crippen molar-refractivity contribution >= 4 is 11.8 Å². The van der Waals surface area contributed by atoms with E-state index in [1.54, 1.807) is 12.0 Å². The van der Waals surface area contributed by atoms with Gasteiger partial charge < -0.3 is 19.3 Å². The third-order valence-corrected chi connectivity index (χ3v) is 5.08. The van der Waals surface area contributed by atoms with Crippen molar-refractivity contribution in [3.63, 3.8) is 0 Å². The summed E-state index contributed by atoms with van der Waals surface area (Å²) in [7, 11) is 1.64. The van der Waals surface area contributed by atoms with Crippen LogP contribution in [0.15, 0.2) is 24.3 Å². The van der Waals surface area contributed by atoms with E-state index in [0.717, 1.165) is 43.6 Å². The lowest BCUT2D eigenvalue weighted by Gasteiger charge is -2.31. The lowest BCUT2D eigenvalue weighted by Crippen LogP contribution is -2.46. The van der Waals surface area contributed by atoms with E-state index in [2.05, 4.69) is 0 Å². The highest BCUT2D eigenvalue weighted by Crippen LogP contribution is 2.18. The van der Waals surface area contributed by atoms with Gasteiger partial charge in [-0.1, -0.05) is 12.1 Å². The van der Waals surface area contributed by atoms with Crippen molar-refractivity contribution in [1.29, 1.82) is 0 Å². The fraction of sp³-hybridized carbons (Fsp3) is 0.600. The fourth-order valence-corrected chi connectivity index (χ4v) is 3.53. The average molecular weight is 360 g/mol. The Balaban J connectivity index is 1.66. The Morgan fingerprint density at radius 3 is 2.73 bits per heavy atom. The number of piperidine rings is 1. The lowest BCUT2D eigenvalue weighted by atomic mass is 10.1. The van der Waals surface area contributed by atoms with Crippen LogP contribution >= 0.6 is 0 Å². The number of hydrogen-bond donors (Lipinski definition) is 0. The minimum atomic E-state index is -0.00781. The van der Waals surface area contributed by atoms with Crippen LogP contribution in [-0.4, -0.2) is 61.1 Å². The minimum absolute atomic E-state index is 0.00781. The Kier molecular flexibility index (Phi) is 6.50. The molecule has 2 heterocycles. The molecule has 3 rings (SSSR count). The summed E-state index contributed by atoms with van der Waals surface area (Å²) in [4.78, 5) is 28.5. The third kappa shape index (κ3) is 4.97. The maximum Gasteiger partial charge on any atom is 0.242 e. The van der Waals surface area contributed by atoms with Crippen LogP contribution in [0.25, 0.3) is 0 Å². The van der Waals surface area contributed by atoms with Crippen LogP contribution in [0.4, 0.5) is 0 Å². The first kappa shape index (κ1) is 18.7. The van der Waals surface area contributed by atoms with Crippen LogP contribution in [0, 0.1) is 0 Å². The molecule has 0 aromatic heterocycles. The summed E-state index contributed by atoms with van der Waals surface area (Å²) in [6.45, 7) is 2.71. The highest BCUT2D eigenvalue weighted by molar-refractivity contribution is 5.85.